The molecule has 1 fully saturated rings. The Hall–Kier alpha value is -1.14. The van der Waals surface area contributed by atoms with Gasteiger partial charge in [0.15, 0.2) is 0 Å². The number of carbonyl (C=O) groups excluding carboxylic acids is 1. The Labute approximate surface area is 165 Å². The van der Waals surface area contributed by atoms with E-state index in [9.17, 15) is 4.79 Å². The summed E-state index contributed by atoms with van der Waals surface area (Å²) in [7, 11) is 4.09. The number of rotatable bonds is 7. The first-order valence-electron chi connectivity index (χ1n) is 9.36. The number of hydrogen-bond acceptors (Lipinski definition) is 4. The van der Waals surface area contributed by atoms with Gasteiger partial charge in [-0.05, 0) is 46.1 Å². The third-order valence-corrected chi connectivity index (χ3v) is 6.83. The summed E-state index contributed by atoms with van der Waals surface area (Å²) in [5.41, 5.74) is 0. The van der Waals surface area contributed by atoms with Crippen LogP contribution in [0.1, 0.15) is 29.4 Å². The van der Waals surface area contributed by atoms with E-state index >= 15 is 0 Å². The molecule has 0 spiro atoms. The van der Waals surface area contributed by atoms with E-state index in [0.717, 1.165) is 42.8 Å². The Balaban J connectivity index is 1.84. The predicted molar refractivity (Wildman–Crippen MR) is 112 cm³/mol. The van der Waals surface area contributed by atoms with Gasteiger partial charge in [0.25, 0.3) is 5.91 Å². The van der Waals surface area contributed by atoms with Gasteiger partial charge in [-0.1, -0.05) is 36.7 Å². The van der Waals surface area contributed by atoms with Gasteiger partial charge in [0.05, 0.1) is 5.02 Å². The fraction of sp³-hybridized carbons (Fsp3) is 0.550. The molecule has 1 aliphatic rings. The predicted octanol–water partition coefficient (Wildman–Crippen LogP) is 4.04. The van der Waals surface area contributed by atoms with Crippen LogP contribution in [0.5, 0.6) is 0 Å². The van der Waals surface area contributed by atoms with Crippen LogP contribution in [-0.2, 0) is 0 Å². The minimum atomic E-state index is 0.0704. The lowest BCUT2D eigenvalue weighted by atomic mass is 10.2. The molecule has 0 aliphatic carbocycles. The van der Waals surface area contributed by atoms with Gasteiger partial charge in [-0.15, -0.1) is 11.3 Å². The highest BCUT2D eigenvalue weighted by Gasteiger charge is 2.29. The zero-order valence-electron chi connectivity index (χ0n) is 15.9. The molecule has 1 aliphatic heterocycles. The molecule has 2 aromatic rings. The molecule has 1 aromatic carbocycles. The summed E-state index contributed by atoms with van der Waals surface area (Å²) >= 11 is 8.08. The zero-order valence-corrected chi connectivity index (χ0v) is 17.4. The summed E-state index contributed by atoms with van der Waals surface area (Å²) in [6.07, 6.45) is 2.39. The molecular formula is C20H28ClN3OS. The number of thiophene rings is 1. The lowest BCUT2D eigenvalue weighted by Gasteiger charge is -2.31. The Kier molecular flexibility index (Phi) is 6.56. The molecular weight excluding hydrogens is 366 g/mol. The van der Waals surface area contributed by atoms with Crippen LogP contribution < -0.4 is 0 Å². The van der Waals surface area contributed by atoms with Crippen LogP contribution >= 0.6 is 22.9 Å². The second kappa shape index (κ2) is 8.70. The third kappa shape index (κ3) is 4.22. The van der Waals surface area contributed by atoms with E-state index in [4.69, 9.17) is 11.6 Å². The van der Waals surface area contributed by atoms with Crippen LogP contribution in [-0.4, -0.2) is 73.5 Å². The molecule has 6 heteroatoms. The van der Waals surface area contributed by atoms with Crippen molar-refractivity contribution in [2.75, 3.05) is 46.8 Å². The number of carbonyl (C=O) groups is 1. The van der Waals surface area contributed by atoms with Gasteiger partial charge >= 0.3 is 0 Å². The van der Waals surface area contributed by atoms with Gasteiger partial charge in [0, 0.05) is 35.8 Å². The van der Waals surface area contributed by atoms with E-state index in [1.165, 1.54) is 24.2 Å². The number of amides is 1. The van der Waals surface area contributed by atoms with Crippen molar-refractivity contribution in [3.8, 4) is 0 Å². The highest BCUT2D eigenvalue weighted by Crippen LogP contribution is 2.36. The first-order chi connectivity index (χ1) is 12.5. The molecule has 0 bridgehead atoms. The van der Waals surface area contributed by atoms with Crippen molar-refractivity contribution in [2.24, 2.45) is 0 Å². The number of halogens is 1. The topological polar surface area (TPSA) is 26.8 Å². The number of likely N-dealkylation sites (N-methyl/N-ethyl adjacent to an activating group) is 2. The van der Waals surface area contributed by atoms with Gasteiger partial charge < -0.3 is 9.80 Å². The number of nitrogens with zero attached hydrogens (tertiary/aromatic N) is 3. The van der Waals surface area contributed by atoms with Crippen molar-refractivity contribution in [3.05, 3.63) is 34.2 Å². The molecule has 4 nitrogen and oxygen atoms in total. The van der Waals surface area contributed by atoms with Gasteiger partial charge in [-0.2, -0.15) is 0 Å². The number of likely N-dealkylation sites (tertiary alicyclic amines) is 1. The van der Waals surface area contributed by atoms with E-state index < -0.39 is 0 Å². The summed E-state index contributed by atoms with van der Waals surface area (Å²) < 4.78 is 1.07. The molecule has 0 N–H and O–H groups in total. The Bertz CT molecular complexity index is 761. The van der Waals surface area contributed by atoms with Crippen LogP contribution in [0.4, 0.5) is 0 Å². The highest BCUT2D eigenvalue weighted by atomic mass is 35.5. The summed E-state index contributed by atoms with van der Waals surface area (Å²) in [6, 6.07) is 8.44. The van der Waals surface area contributed by atoms with Crippen molar-refractivity contribution in [1.29, 1.82) is 0 Å². The molecule has 2 heterocycles. The Morgan fingerprint density at radius 1 is 1.31 bits per heavy atom. The molecule has 26 heavy (non-hydrogen) atoms. The summed E-state index contributed by atoms with van der Waals surface area (Å²) in [5, 5.41) is 1.58. The number of hydrogen-bond donors (Lipinski definition) is 0. The minimum absolute atomic E-state index is 0.0704. The number of benzene rings is 1. The highest BCUT2D eigenvalue weighted by molar-refractivity contribution is 7.21. The number of fused-ring (bicyclic) bond motifs is 1. The smallest absolute Gasteiger partial charge is 0.265 e. The lowest BCUT2D eigenvalue weighted by Crippen LogP contribution is -2.45. The van der Waals surface area contributed by atoms with Crippen LogP contribution in [0.15, 0.2) is 24.3 Å². The van der Waals surface area contributed by atoms with E-state index in [1.54, 1.807) is 0 Å². The molecule has 1 aromatic heterocycles. The van der Waals surface area contributed by atoms with Crippen molar-refractivity contribution in [1.82, 2.24) is 14.7 Å². The molecule has 0 radical (unpaired) electrons. The SMILES string of the molecule is CCN1CCCC1CN(CCN(C)C)C(=O)c1sc2ccccc2c1Cl. The first-order valence-corrected chi connectivity index (χ1v) is 10.6. The first kappa shape index (κ1) is 19.6. The average Bonchev–Trinajstić information content (AvgIpc) is 3.22. The van der Waals surface area contributed by atoms with E-state index in [-0.39, 0.29) is 5.91 Å². The minimum Gasteiger partial charge on any atom is -0.335 e. The van der Waals surface area contributed by atoms with Crippen molar-refractivity contribution in [3.63, 3.8) is 0 Å². The molecule has 142 valence electrons. The van der Waals surface area contributed by atoms with E-state index in [0.29, 0.717) is 15.9 Å². The van der Waals surface area contributed by atoms with Gasteiger partial charge in [0.1, 0.15) is 4.88 Å². The quantitative estimate of drug-likeness (QED) is 0.710. The molecule has 1 unspecified atom stereocenters. The second-order valence-corrected chi connectivity index (χ2v) is 8.65. The maximum absolute atomic E-state index is 13.3. The fourth-order valence-corrected chi connectivity index (χ4v) is 5.14. The second-order valence-electron chi connectivity index (χ2n) is 7.22. The van der Waals surface area contributed by atoms with Crippen LogP contribution in [0, 0.1) is 0 Å². The summed E-state index contributed by atoms with van der Waals surface area (Å²) in [6.45, 7) is 6.75. The summed E-state index contributed by atoms with van der Waals surface area (Å²) in [4.78, 5) is 20.6. The monoisotopic (exact) mass is 393 g/mol. The molecule has 3 rings (SSSR count). The maximum atomic E-state index is 13.3. The lowest BCUT2D eigenvalue weighted by molar-refractivity contribution is 0.0699. The van der Waals surface area contributed by atoms with Crippen LogP contribution in [0.2, 0.25) is 5.02 Å². The van der Waals surface area contributed by atoms with Crippen molar-refractivity contribution < 1.29 is 4.79 Å². The van der Waals surface area contributed by atoms with Crippen LogP contribution in [0.3, 0.4) is 0 Å². The van der Waals surface area contributed by atoms with Gasteiger partial charge in [-0.25, -0.2) is 0 Å². The molecule has 1 saturated heterocycles. The summed E-state index contributed by atoms with van der Waals surface area (Å²) in [5.74, 6) is 0.0704. The molecule has 1 atom stereocenters. The Morgan fingerprint density at radius 2 is 2.08 bits per heavy atom. The fourth-order valence-electron chi connectivity index (χ4n) is 3.66. The molecule has 0 saturated carbocycles. The molecule has 1 amide bonds. The van der Waals surface area contributed by atoms with Crippen LogP contribution in [0.25, 0.3) is 10.1 Å². The standard InChI is InChI=1S/C20H28ClN3OS/c1-4-23-11-7-8-15(23)14-24(13-12-22(2)3)20(25)19-18(21)16-9-5-6-10-17(16)26-19/h5-6,9-10,15H,4,7-8,11-14H2,1-3H3. The average molecular weight is 394 g/mol. The largest absolute Gasteiger partial charge is 0.335 e. The zero-order chi connectivity index (χ0) is 18.7. The van der Waals surface area contributed by atoms with E-state index in [2.05, 4.69) is 16.7 Å². The van der Waals surface area contributed by atoms with Crippen molar-refractivity contribution in [2.45, 2.75) is 25.8 Å². The van der Waals surface area contributed by atoms with Gasteiger partial charge in [-0.3, -0.25) is 9.69 Å². The maximum Gasteiger partial charge on any atom is 0.265 e. The van der Waals surface area contributed by atoms with Crippen molar-refractivity contribution >= 4 is 38.9 Å². The normalized spacial score (nSPS) is 18.1. The Morgan fingerprint density at radius 3 is 2.77 bits per heavy atom. The van der Waals surface area contributed by atoms with E-state index in [1.807, 2.05) is 43.3 Å². The van der Waals surface area contributed by atoms with Gasteiger partial charge in [0.2, 0.25) is 0 Å². The third-order valence-electron chi connectivity index (χ3n) is 5.17.